The van der Waals surface area contributed by atoms with E-state index in [9.17, 15) is 0 Å². The van der Waals surface area contributed by atoms with Gasteiger partial charge in [-0.3, -0.25) is 9.88 Å². The molecule has 3 aliphatic carbocycles. The van der Waals surface area contributed by atoms with Gasteiger partial charge in [0.15, 0.2) is 0 Å². The summed E-state index contributed by atoms with van der Waals surface area (Å²) < 4.78 is 0. The number of aryl methyl sites for hydroxylation is 2. The van der Waals surface area contributed by atoms with Crippen molar-refractivity contribution in [3.05, 3.63) is 77.1 Å². The lowest BCUT2D eigenvalue weighted by atomic mass is 9.75. The number of fused-ring (bicyclic) bond motifs is 2. The smallest absolute Gasteiger partial charge is 0.0607 e. The van der Waals surface area contributed by atoms with E-state index < -0.39 is 0 Å². The fourth-order valence-electron chi connectivity index (χ4n) is 6.66. The Kier molecular flexibility index (Phi) is 8.04. The molecule has 1 saturated carbocycles. The number of nitrogens with zero attached hydrogens (tertiary/aromatic N) is 2. The first-order valence-electron chi connectivity index (χ1n) is 14.2. The zero-order chi connectivity index (χ0) is 24.1. The molecule has 0 radical (unpaired) electrons. The Morgan fingerprint density at radius 1 is 0.943 bits per heavy atom. The Labute approximate surface area is 213 Å². The van der Waals surface area contributed by atoms with Gasteiger partial charge < -0.3 is 5.32 Å². The molecule has 0 amide bonds. The molecule has 3 nitrogen and oxygen atoms in total. The van der Waals surface area contributed by atoms with Gasteiger partial charge in [-0.1, -0.05) is 56.3 Å². The van der Waals surface area contributed by atoms with E-state index in [1.165, 1.54) is 82.0 Å². The SMILES string of the molecule is CC1(C)CCC(NC/C=C/CN(C[C@@H]2CCc3ccccc3C2)[C@H]2CCCc3cccnc32)CC1. The van der Waals surface area contributed by atoms with E-state index in [2.05, 4.69) is 72.6 Å². The van der Waals surface area contributed by atoms with Gasteiger partial charge in [-0.05, 0) is 98.3 Å². The summed E-state index contributed by atoms with van der Waals surface area (Å²) in [5.74, 6) is 0.733. The molecule has 0 spiro atoms. The predicted octanol–water partition coefficient (Wildman–Crippen LogP) is 6.68. The van der Waals surface area contributed by atoms with Crippen LogP contribution in [0.3, 0.4) is 0 Å². The van der Waals surface area contributed by atoms with Crippen LogP contribution in [0.25, 0.3) is 0 Å². The van der Waals surface area contributed by atoms with E-state index in [-0.39, 0.29) is 0 Å². The van der Waals surface area contributed by atoms with Crippen molar-refractivity contribution in [2.75, 3.05) is 19.6 Å². The zero-order valence-electron chi connectivity index (χ0n) is 22.0. The van der Waals surface area contributed by atoms with Gasteiger partial charge in [0.05, 0.1) is 11.7 Å². The van der Waals surface area contributed by atoms with Crippen molar-refractivity contribution >= 4 is 0 Å². The number of rotatable bonds is 8. The van der Waals surface area contributed by atoms with Gasteiger partial charge >= 0.3 is 0 Å². The van der Waals surface area contributed by atoms with E-state index in [1.54, 1.807) is 11.1 Å². The molecular weight excluding hydrogens is 426 g/mol. The van der Waals surface area contributed by atoms with Crippen LogP contribution in [-0.2, 0) is 19.3 Å². The van der Waals surface area contributed by atoms with Gasteiger partial charge in [0, 0.05) is 31.9 Å². The molecule has 3 heteroatoms. The summed E-state index contributed by atoms with van der Waals surface area (Å²) in [7, 11) is 0. The molecule has 1 heterocycles. The van der Waals surface area contributed by atoms with Crippen LogP contribution in [-0.4, -0.2) is 35.6 Å². The van der Waals surface area contributed by atoms with Crippen molar-refractivity contribution < 1.29 is 0 Å². The normalized spacial score (nSPS) is 24.4. The lowest BCUT2D eigenvalue weighted by Crippen LogP contribution is -2.38. The number of aromatic nitrogens is 1. The molecule has 1 fully saturated rings. The van der Waals surface area contributed by atoms with Crippen LogP contribution in [0.4, 0.5) is 0 Å². The molecule has 188 valence electrons. The van der Waals surface area contributed by atoms with Crippen molar-refractivity contribution in [3.63, 3.8) is 0 Å². The van der Waals surface area contributed by atoms with E-state index >= 15 is 0 Å². The van der Waals surface area contributed by atoms with Crippen molar-refractivity contribution in [1.29, 1.82) is 0 Å². The van der Waals surface area contributed by atoms with Gasteiger partial charge in [-0.25, -0.2) is 0 Å². The van der Waals surface area contributed by atoms with Crippen molar-refractivity contribution in [2.45, 2.75) is 90.1 Å². The molecule has 2 atom stereocenters. The number of benzene rings is 1. The number of hydrogen-bond acceptors (Lipinski definition) is 3. The van der Waals surface area contributed by atoms with Gasteiger partial charge in [0.25, 0.3) is 0 Å². The van der Waals surface area contributed by atoms with Crippen LogP contribution >= 0.6 is 0 Å². The summed E-state index contributed by atoms with van der Waals surface area (Å²) in [4.78, 5) is 7.64. The molecule has 2 aromatic rings. The monoisotopic (exact) mass is 471 g/mol. The predicted molar refractivity (Wildman–Crippen MR) is 147 cm³/mol. The Balaban J connectivity index is 1.22. The first kappa shape index (κ1) is 24.7. The van der Waals surface area contributed by atoms with Crippen molar-refractivity contribution in [2.24, 2.45) is 11.3 Å². The Bertz CT molecular complexity index is 984. The van der Waals surface area contributed by atoms with Crippen LogP contribution in [0, 0.1) is 11.3 Å². The second kappa shape index (κ2) is 11.4. The summed E-state index contributed by atoms with van der Waals surface area (Å²) in [6.07, 6.45) is 19.6. The fourth-order valence-corrected chi connectivity index (χ4v) is 6.66. The molecule has 35 heavy (non-hydrogen) atoms. The van der Waals surface area contributed by atoms with Crippen LogP contribution in [0.1, 0.15) is 87.2 Å². The molecule has 0 bridgehead atoms. The highest BCUT2D eigenvalue weighted by atomic mass is 15.2. The average Bonchev–Trinajstić information content (AvgIpc) is 2.88. The molecule has 5 rings (SSSR count). The molecule has 3 aliphatic rings. The van der Waals surface area contributed by atoms with Crippen molar-refractivity contribution in [1.82, 2.24) is 15.2 Å². The molecule has 0 unspecified atom stereocenters. The number of pyridine rings is 1. The van der Waals surface area contributed by atoms with Crippen LogP contribution in [0.2, 0.25) is 0 Å². The third-order valence-electron chi connectivity index (χ3n) is 8.92. The fraction of sp³-hybridized carbons (Fsp3) is 0.594. The number of nitrogens with one attached hydrogen (secondary N) is 1. The van der Waals surface area contributed by atoms with Crippen molar-refractivity contribution in [3.8, 4) is 0 Å². The molecule has 1 aromatic carbocycles. The van der Waals surface area contributed by atoms with Gasteiger partial charge in [0.2, 0.25) is 0 Å². The minimum absolute atomic E-state index is 0.454. The second-order valence-electron chi connectivity index (χ2n) is 12.1. The quantitative estimate of drug-likeness (QED) is 0.435. The largest absolute Gasteiger partial charge is 0.311 e. The van der Waals surface area contributed by atoms with Gasteiger partial charge in [-0.2, -0.15) is 0 Å². The summed E-state index contributed by atoms with van der Waals surface area (Å²) in [6, 6.07) is 14.6. The molecule has 0 saturated heterocycles. The zero-order valence-corrected chi connectivity index (χ0v) is 22.0. The lowest BCUT2D eigenvalue weighted by molar-refractivity contribution is 0.158. The summed E-state index contributed by atoms with van der Waals surface area (Å²) in [6.45, 7) is 8.03. The average molecular weight is 472 g/mol. The molecular formula is C32H45N3. The number of hydrogen-bond donors (Lipinski definition) is 1. The van der Waals surface area contributed by atoms with Crippen LogP contribution < -0.4 is 5.32 Å². The Morgan fingerprint density at radius 2 is 1.74 bits per heavy atom. The Morgan fingerprint density at radius 3 is 2.60 bits per heavy atom. The maximum absolute atomic E-state index is 4.89. The van der Waals surface area contributed by atoms with E-state index in [4.69, 9.17) is 4.98 Å². The third kappa shape index (κ3) is 6.43. The third-order valence-corrected chi connectivity index (χ3v) is 8.92. The first-order valence-corrected chi connectivity index (χ1v) is 14.2. The topological polar surface area (TPSA) is 28.2 Å². The van der Waals surface area contributed by atoms with Crippen LogP contribution in [0.5, 0.6) is 0 Å². The first-order chi connectivity index (χ1) is 17.1. The van der Waals surface area contributed by atoms with Gasteiger partial charge in [-0.15, -0.1) is 0 Å². The van der Waals surface area contributed by atoms with E-state index in [1.807, 2.05) is 6.20 Å². The maximum atomic E-state index is 4.89. The Hall–Kier alpha value is -1.97. The highest BCUT2D eigenvalue weighted by Gasteiger charge is 2.30. The van der Waals surface area contributed by atoms with E-state index in [0.717, 1.165) is 19.0 Å². The minimum Gasteiger partial charge on any atom is -0.311 e. The molecule has 1 N–H and O–H groups in total. The van der Waals surface area contributed by atoms with E-state index in [0.29, 0.717) is 17.5 Å². The summed E-state index contributed by atoms with van der Waals surface area (Å²) >= 11 is 0. The highest BCUT2D eigenvalue weighted by molar-refractivity contribution is 5.30. The standard InChI is InChI=1S/C32H45N3/c1-32(2)18-16-29(17-19-32)33-20-5-6-22-35(30-13-7-11-27-12-8-21-34-31(27)30)24-25-14-15-26-9-3-4-10-28(26)23-25/h3-6,8-10,12,21,25,29-30,33H,7,11,13-20,22-24H2,1-2H3/b6-5+/t25-,30+/m1/s1. The van der Waals surface area contributed by atoms with Crippen LogP contribution in [0.15, 0.2) is 54.7 Å². The van der Waals surface area contributed by atoms with Gasteiger partial charge in [0.1, 0.15) is 0 Å². The summed E-state index contributed by atoms with van der Waals surface area (Å²) in [5.41, 5.74) is 6.48. The molecule has 1 aromatic heterocycles. The highest BCUT2D eigenvalue weighted by Crippen LogP contribution is 2.36. The minimum atomic E-state index is 0.454. The maximum Gasteiger partial charge on any atom is 0.0607 e. The summed E-state index contributed by atoms with van der Waals surface area (Å²) in [5, 5.41) is 3.80. The lowest BCUT2D eigenvalue weighted by Gasteiger charge is -2.37. The molecule has 0 aliphatic heterocycles. The second-order valence-corrected chi connectivity index (χ2v) is 12.1.